The van der Waals surface area contributed by atoms with Crippen LogP contribution in [0.2, 0.25) is 10.0 Å². The molecule has 0 aliphatic rings. The Kier molecular flexibility index (Phi) is 4.94. The van der Waals surface area contributed by atoms with Crippen molar-refractivity contribution in [2.45, 2.75) is 6.42 Å². The van der Waals surface area contributed by atoms with E-state index in [-0.39, 0.29) is 6.54 Å². The molecule has 0 heterocycles. The first-order chi connectivity index (χ1) is 7.79. The Bertz CT molecular complexity index is 529. The third kappa shape index (κ3) is 5.04. The molecule has 1 aromatic carbocycles. The van der Waals surface area contributed by atoms with Gasteiger partial charge in [0.1, 0.15) is 0 Å². The second-order valence-corrected chi connectivity index (χ2v) is 6.17. The molecule has 0 unspecified atom stereocenters. The van der Waals surface area contributed by atoms with Gasteiger partial charge in [0, 0.05) is 18.7 Å². The summed E-state index contributed by atoms with van der Waals surface area (Å²) in [5, 5.41) is 8.58. The minimum absolute atomic E-state index is 0.192. The van der Waals surface area contributed by atoms with E-state index in [1.54, 1.807) is 18.2 Å². The molecular formula is C10H12Cl2N2O2S. The molecule has 17 heavy (non-hydrogen) atoms. The molecule has 0 bridgehead atoms. The molecule has 0 radical (unpaired) electrons. The maximum absolute atomic E-state index is 10.8. The number of hydrogen-bond acceptors (Lipinski definition) is 3. The summed E-state index contributed by atoms with van der Waals surface area (Å²) in [6, 6.07) is 4.88. The summed E-state index contributed by atoms with van der Waals surface area (Å²) >= 11 is 11.6. The average molecular weight is 295 g/mol. The molecule has 0 atom stereocenters. The molecule has 2 N–H and O–H groups in total. The Labute approximate surface area is 110 Å². The molecule has 0 saturated heterocycles. The zero-order valence-electron chi connectivity index (χ0n) is 9.13. The summed E-state index contributed by atoms with van der Waals surface area (Å²) in [5.41, 5.74) is 0.939. The Morgan fingerprint density at radius 2 is 2.00 bits per heavy atom. The first kappa shape index (κ1) is 14.4. The average Bonchev–Trinajstić information content (AvgIpc) is 2.20. The highest BCUT2D eigenvalue weighted by Crippen LogP contribution is 2.23. The number of hydrogen-bond donors (Lipinski definition) is 2. The molecule has 0 spiro atoms. The predicted octanol–water partition coefficient (Wildman–Crippen LogP) is 2.30. The van der Waals surface area contributed by atoms with Gasteiger partial charge in [-0.2, -0.15) is 0 Å². The van der Waals surface area contributed by atoms with Crippen molar-refractivity contribution in [3.63, 3.8) is 0 Å². The first-order valence-corrected chi connectivity index (χ1v) is 7.42. The van der Waals surface area contributed by atoms with Crippen molar-refractivity contribution in [1.82, 2.24) is 4.72 Å². The van der Waals surface area contributed by atoms with Crippen LogP contribution in [0.25, 0.3) is 0 Å². The van der Waals surface area contributed by atoms with Crippen molar-refractivity contribution in [3.8, 4) is 0 Å². The molecule has 1 rings (SSSR count). The molecule has 0 aliphatic heterocycles. The lowest BCUT2D eigenvalue weighted by molar-refractivity contribution is 0.589. The van der Waals surface area contributed by atoms with Gasteiger partial charge in [0.15, 0.2) is 0 Å². The van der Waals surface area contributed by atoms with Gasteiger partial charge in [-0.3, -0.25) is 0 Å². The van der Waals surface area contributed by atoms with Gasteiger partial charge < -0.3 is 5.41 Å². The number of rotatable bonds is 5. The normalized spacial score (nSPS) is 11.5. The molecular weight excluding hydrogens is 283 g/mol. The number of halogens is 2. The van der Waals surface area contributed by atoms with Crippen LogP contribution in [0.3, 0.4) is 0 Å². The fourth-order valence-electron chi connectivity index (χ4n) is 1.19. The van der Waals surface area contributed by atoms with Gasteiger partial charge in [0.25, 0.3) is 0 Å². The summed E-state index contributed by atoms with van der Waals surface area (Å²) in [5.74, 6) is 0. The van der Waals surface area contributed by atoms with E-state index in [0.29, 0.717) is 27.7 Å². The minimum atomic E-state index is -3.21. The van der Waals surface area contributed by atoms with Crippen LogP contribution < -0.4 is 4.72 Å². The largest absolute Gasteiger partial charge is 0.305 e. The van der Waals surface area contributed by atoms with Gasteiger partial charge in [-0.15, -0.1) is 0 Å². The number of sulfonamides is 1. The molecule has 0 saturated carbocycles. The molecule has 0 amide bonds. The number of benzene rings is 1. The molecule has 4 nitrogen and oxygen atoms in total. The third-order valence-corrected chi connectivity index (χ3v) is 3.47. The summed E-state index contributed by atoms with van der Waals surface area (Å²) in [6.07, 6.45) is 1.38. The number of nitrogens with one attached hydrogen (secondary N) is 2. The zero-order chi connectivity index (χ0) is 13.1. The van der Waals surface area contributed by atoms with Gasteiger partial charge in [-0.25, -0.2) is 13.1 Å². The van der Waals surface area contributed by atoms with Crippen LogP contribution in [0, 0.1) is 5.41 Å². The summed E-state index contributed by atoms with van der Waals surface area (Å²) in [6.45, 7) is 0.192. The highest BCUT2D eigenvalue weighted by Gasteiger charge is 2.06. The van der Waals surface area contributed by atoms with Crippen LogP contribution in [0.4, 0.5) is 0 Å². The van der Waals surface area contributed by atoms with E-state index in [4.69, 9.17) is 28.6 Å². The predicted molar refractivity (Wildman–Crippen MR) is 70.8 cm³/mol. The van der Waals surface area contributed by atoms with Crippen LogP contribution in [0.5, 0.6) is 0 Å². The topological polar surface area (TPSA) is 70.0 Å². The molecule has 1 aromatic rings. The summed E-state index contributed by atoms with van der Waals surface area (Å²) in [4.78, 5) is 0. The van der Waals surface area contributed by atoms with Crippen LogP contribution >= 0.6 is 23.2 Å². The Morgan fingerprint density at radius 3 is 2.53 bits per heavy atom. The van der Waals surface area contributed by atoms with Gasteiger partial charge in [0.2, 0.25) is 10.0 Å². The lowest BCUT2D eigenvalue weighted by Gasteiger charge is -2.06. The van der Waals surface area contributed by atoms with Crippen molar-refractivity contribution in [1.29, 1.82) is 5.41 Å². The van der Waals surface area contributed by atoms with Crippen LogP contribution in [-0.4, -0.2) is 26.9 Å². The van der Waals surface area contributed by atoms with E-state index in [2.05, 4.69) is 4.72 Å². The van der Waals surface area contributed by atoms with E-state index >= 15 is 0 Å². The van der Waals surface area contributed by atoms with Crippen LogP contribution in [0.1, 0.15) is 12.0 Å². The molecule has 94 valence electrons. The zero-order valence-corrected chi connectivity index (χ0v) is 11.5. The standard InChI is InChI=1S/C10H12Cl2N2O2S/c1-17(15,16)14-5-4-10(13)7-2-3-8(11)9(12)6-7/h2-3,6,13-14H,4-5H2,1H3. The molecule has 0 aromatic heterocycles. The third-order valence-electron chi connectivity index (χ3n) is 2.01. The fourth-order valence-corrected chi connectivity index (χ4v) is 1.96. The maximum atomic E-state index is 10.8. The van der Waals surface area contributed by atoms with E-state index in [0.717, 1.165) is 6.26 Å². The van der Waals surface area contributed by atoms with Gasteiger partial charge in [-0.05, 0) is 17.7 Å². The highest BCUT2D eigenvalue weighted by molar-refractivity contribution is 7.88. The monoisotopic (exact) mass is 294 g/mol. The van der Waals surface area contributed by atoms with E-state index in [1.165, 1.54) is 0 Å². The Balaban J connectivity index is 2.61. The quantitative estimate of drug-likeness (QED) is 0.818. The molecule has 0 aliphatic carbocycles. The summed E-state index contributed by atoms with van der Waals surface area (Å²) in [7, 11) is -3.21. The van der Waals surface area contributed by atoms with Crippen molar-refractivity contribution in [3.05, 3.63) is 33.8 Å². The van der Waals surface area contributed by atoms with Crippen molar-refractivity contribution in [2.75, 3.05) is 12.8 Å². The first-order valence-electron chi connectivity index (χ1n) is 4.77. The lowest BCUT2D eigenvalue weighted by atomic mass is 10.1. The minimum Gasteiger partial charge on any atom is -0.305 e. The Hall–Kier alpha value is -0.620. The molecule has 0 fully saturated rings. The van der Waals surface area contributed by atoms with E-state index in [9.17, 15) is 8.42 Å². The lowest BCUT2D eigenvalue weighted by Crippen LogP contribution is -2.24. The van der Waals surface area contributed by atoms with E-state index < -0.39 is 10.0 Å². The second-order valence-electron chi connectivity index (χ2n) is 3.52. The van der Waals surface area contributed by atoms with Crippen molar-refractivity contribution in [2.24, 2.45) is 0 Å². The van der Waals surface area contributed by atoms with Gasteiger partial charge in [-0.1, -0.05) is 29.3 Å². The fraction of sp³-hybridized carbons (Fsp3) is 0.300. The Morgan fingerprint density at radius 1 is 1.35 bits per heavy atom. The van der Waals surface area contributed by atoms with Gasteiger partial charge in [0.05, 0.1) is 16.3 Å². The maximum Gasteiger partial charge on any atom is 0.208 e. The summed E-state index contributed by atoms with van der Waals surface area (Å²) < 4.78 is 24.0. The SMILES string of the molecule is CS(=O)(=O)NCCC(=N)c1ccc(Cl)c(Cl)c1. The van der Waals surface area contributed by atoms with Gasteiger partial charge >= 0.3 is 0 Å². The molecule has 7 heteroatoms. The van der Waals surface area contributed by atoms with Crippen LogP contribution in [0.15, 0.2) is 18.2 Å². The smallest absolute Gasteiger partial charge is 0.208 e. The van der Waals surface area contributed by atoms with Crippen LogP contribution in [-0.2, 0) is 10.0 Å². The van der Waals surface area contributed by atoms with Crippen molar-refractivity contribution >= 4 is 38.9 Å². The highest BCUT2D eigenvalue weighted by atomic mass is 35.5. The van der Waals surface area contributed by atoms with Crippen molar-refractivity contribution < 1.29 is 8.42 Å². The second kappa shape index (κ2) is 5.82. The van der Waals surface area contributed by atoms with E-state index in [1.807, 2.05) is 0 Å².